The zero-order valence-electron chi connectivity index (χ0n) is 14.6. The molecule has 0 aliphatic rings. The van der Waals surface area contributed by atoms with Crippen molar-refractivity contribution in [2.75, 3.05) is 11.5 Å². The van der Waals surface area contributed by atoms with Gasteiger partial charge in [0.2, 0.25) is 0 Å². The average molecular weight is 350 g/mol. The number of para-hydroxylation sites is 1. The average Bonchev–Trinajstić information content (AvgIpc) is 3.07. The maximum Gasteiger partial charge on any atom is 0.136 e. The molecule has 0 unspecified atom stereocenters. The minimum atomic E-state index is 0.731. The van der Waals surface area contributed by atoms with Gasteiger partial charge in [0.25, 0.3) is 0 Å². The van der Waals surface area contributed by atoms with E-state index in [2.05, 4.69) is 18.2 Å². The third-order valence-electron chi connectivity index (χ3n) is 4.96. The molecule has 4 N–H and O–H groups in total. The molecule has 0 amide bonds. The Bertz CT molecular complexity index is 1280. The molecule has 0 aliphatic heterocycles. The Morgan fingerprint density at radius 3 is 2.15 bits per heavy atom. The monoisotopic (exact) mass is 350 g/mol. The first-order valence-corrected chi connectivity index (χ1v) is 8.87. The molecule has 0 saturated heterocycles. The molecule has 5 aromatic rings. The Hall–Kier alpha value is -3.72. The number of hydrogen-bond acceptors (Lipinski definition) is 3. The Morgan fingerprint density at radius 1 is 0.556 bits per heavy atom. The summed E-state index contributed by atoms with van der Waals surface area (Å²) >= 11 is 0. The van der Waals surface area contributed by atoms with Crippen LogP contribution in [0.15, 0.2) is 89.3 Å². The summed E-state index contributed by atoms with van der Waals surface area (Å²) in [5.41, 5.74) is 19.7. The molecule has 4 aromatic carbocycles. The lowest BCUT2D eigenvalue weighted by Gasteiger charge is -2.13. The van der Waals surface area contributed by atoms with Crippen LogP contribution in [0.25, 0.3) is 44.2 Å². The fourth-order valence-corrected chi connectivity index (χ4v) is 3.70. The summed E-state index contributed by atoms with van der Waals surface area (Å²) in [5.74, 6) is 0. The number of hydrogen-bond donors (Lipinski definition) is 2. The maximum atomic E-state index is 6.16. The molecule has 0 fully saturated rings. The first-order chi connectivity index (χ1) is 13.2. The van der Waals surface area contributed by atoms with Crippen molar-refractivity contribution in [3.63, 3.8) is 0 Å². The summed E-state index contributed by atoms with van der Waals surface area (Å²) in [6.45, 7) is 0. The van der Waals surface area contributed by atoms with Gasteiger partial charge in [-0.15, -0.1) is 0 Å². The van der Waals surface area contributed by atoms with E-state index in [-0.39, 0.29) is 0 Å². The SMILES string of the molecule is Nc1ccc(-c2ccc(N)cc2-c2cccc3oc4ccccc4c23)cc1. The molecular formula is C24H18N2O. The quantitative estimate of drug-likeness (QED) is 0.379. The third kappa shape index (κ3) is 2.52. The second-order valence-electron chi connectivity index (χ2n) is 6.70. The predicted octanol–water partition coefficient (Wildman–Crippen LogP) is 6.08. The number of nitrogen functional groups attached to an aromatic ring is 2. The van der Waals surface area contributed by atoms with Crippen molar-refractivity contribution in [2.24, 2.45) is 0 Å². The second-order valence-corrected chi connectivity index (χ2v) is 6.70. The summed E-state index contributed by atoms with van der Waals surface area (Å²) in [5, 5.41) is 2.21. The zero-order chi connectivity index (χ0) is 18.4. The Kier molecular flexibility index (Phi) is 3.41. The van der Waals surface area contributed by atoms with Crippen molar-refractivity contribution in [2.45, 2.75) is 0 Å². The number of benzene rings is 4. The lowest BCUT2D eigenvalue weighted by Crippen LogP contribution is -1.91. The van der Waals surface area contributed by atoms with E-state index >= 15 is 0 Å². The van der Waals surface area contributed by atoms with Crippen LogP contribution >= 0.6 is 0 Å². The molecule has 27 heavy (non-hydrogen) atoms. The first kappa shape index (κ1) is 15.5. The molecule has 0 spiro atoms. The lowest BCUT2D eigenvalue weighted by atomic mass is 9.91. The molecule has 3 nitrogen and oxygen atoms in total. The fourth-order valence-electron chi connectivity index (χ4n) is 3.70. The van der Waals surface area contributed by atoms with Gasteiger partial charge in [-0.25, -0.2) is 0 Å². The number of anilines is 2. The lowest BCUT2D eigenvalue weighted by molar-refractivity contribution is 0.669. The van der Waals surface area contributed by atoms with E-state index in [9.17, 15) is 0 Å². The van der Waals surface area contributed by atoms with Gasteiger partial charge in [0, 0.05) is 22.1 Å². The van der Waals surface area contributed by atoms with E-state index in [4.69, 9.17) is 15.9 Å². The highest BCUT2D eigenvalue weighted by Crippen LogP contribution is 2.41. The van der Waals surface area contributed by atoms with Gasteiger partial charge >= 0.3 is 0 Å². The van der Waals surface area contributed by atoms with Crippen LogP contribution in [0.1, 0.15) is 0 Å². The summed E-state index contributed by atoms with van der Waals surface area (Å²) in [6.07, 6.45) is 0. The van der Waals surface area contributed by atoms with Crippen molar-refractivity contribution >= 4 is 33.3 Å². The van der Waals surface area contributed by atoms with E-state index in [0.29, 0.717) is 0 Å². The fraction of sp³-hybridized carbons (Fsp3) is 0. The van der Waals surface area contributed by atoms with Crippen LogP contribution in [0.4, 0.5) is 11.4 Å². The van der Waals surface area contributed by atoms with Gasteiger partial charge in [0.1, 0.15) is 11.2 Å². The van der Waals surface area contributed by atoms with E-state index in [1.165, 1.54) is 0 Å². The van der Waals surface area contributed by atoms with Crippen LogP contribution in [-0.4, -0.2) is 0 Å². The minimum Gasteiger partial charge on any atom is -0.456 e. The summed E-state index contributed by atoms with van der Waals surface area (Å²) in [7, 11) is 0. The van der Waals surface area contributed by atoms with Gasteiger partial charge in [-0.3, -0.25) is 0 Å². The van der Waals surface area contributed by atoms with Gasteiger partial charge in [-0.2, -0.15) is 0 Å². The van der Waals surface area contributed by atoms with Gasteiger partial charge in [-0.05, 0) is 58.7 Å². The molecule has 0 aliphatic carbocycles. The zero-order valence-corrected chi connectivity index (χ0v) is 14.6. The minimum absolute atomic E-state index is 0.731. The molecule has 5 rings (SSSR count). The van der Waals surface area contributed by atoms with Crippen molar-refractivity contribution < 1.29 is 4.42 Å². The maximum absolute atomic E-state index is 6.16. The van der Waals surface area contributed by atoms with Crippen LogP contribution in [0.2, 0.25) is 0 Å². The molecule has 1 heterocycles. The highest BCUT2D eigenvalue weighted by atomic mass is 16.3. The number of furan rings is 1. The van der Waals surface area contributed by atoms with Gasteiger partial charge in [-0.1, -0.05) is 48.5 Å². The smallest absolute Gasteiger partial charge is 0.136 e. The van der Waals surface area contributed by atoms with Crippen molar-refractivity contribution in [1.29, 1.82) is 0 Å². The van der Waals surface area contributed by atoms with E-state index in [1.807, 2.05) is 66.7 Å². The Labute approximate surface area is 156 Å². The van der Waals surface area contributed by atoms with E-state index in [1.54, 1.807) is 0 Å². The molecule has 0 radical (unpaired) electrons. The molecular weight excluding hydrogens is 332 g/mol. The van der Waals surface area contributed by atoms with Crippen molar-refractivity contribution in [3.8, 4) is 22.3 Å². The standard InChI is InChI=1S/C24H18N2O/c25-16-10-8-15(9-11-16)18-13-12-17(26)14-21(18)19-5-3-7-23-24(19)20-4-1-2-6-22(20)27-23/h1-14H,25-26H2. The molecule has 3 heteroatoms. The topological polar surface area (TPSA) is 65.2 Å². The summed E-state index contributed by atoms with van der Waals surface area (Å²) in [4.78, 5) is 0. The van der Waals surface area contributed by atoms with Gasteiger partial charge in [0.05, 0.1) is 0 Å². The molecule has 0 atom stereocenters. The van der Waals surface area contributed by atoms with Crippen molar-refractivity contribution in [3.05, 3.63) is 84.9 Å². The summed E-state index contributed by atoms with van der Waals surface area (Å²) in [6, 6.07) is 28.2. The number of fused-ring (bicyclic) bond motifs is 3. The second kappa shape index (κ2) is 5.92. The largest absolute Gasteiger partial charge is 0.456 e. The van der Waals surface area contributed by atoms with Crippen LogP contribution in [0.5, 0.6) is 0 Å². The van der Waals surface area contributed by atoms with Crippen molar-refractivity contribution in [1.82, 2.24) is 0 Å². The predicted molar refractivity (Wildman–Crippen MR) is 113 cm³/mol. The normalized spacial score (nSPS) is 11.3. The number of nitrogens with two attached hydrogens (primary N) is 2. The Morgan fingerprint density at radius 2 is 1.30 bits per heavy atom. The molecule has 0 bridgehead atoms. The van der Waals surface area contributed by atoms with Gasteiger partial charge < -0.3 is 15.9 Å². The third-order valence-corrected chi connectivity index (χ3v) is 4.96. The highest BCUT2D eigenvalue weighted by molar-refractivity contribution is 6.13. The molecule has 0 saturated carbocycles. The van der Waals surface area contributed by atoms with Crippen LogP contribution in [0, 0.1) is 0 Å². The highest BCUT2D eigenvalue weighted by Gasteiger charge is 2.15. The molecule has 1 aromatic heterocycles. The van der Waals surface area contributed by atoms with E-state index < -0.39 is 0 Å². The first-order valence-electron chi connectivity index (χ1n) is 8.87. The van der Waals surface area contributed by atoms with Crippen LogP contribution < -0.4 is 11.5 Å². The number of rotatable bonds is 2. The van der Waals surface area contributed by atoms with Crippen LogP contribution in [0.3, 0.4) is 0 Å². The van der Waals surface area contributed by atoms with E-state index in [0.717, 1.165) is 55.6 Å². The summed E-state index contributed by atoms with van der Waals surface area (Å²) < 4.78 is 6.06. The van der Waals surface area contributed by atoms with Gasteiger partial charge in [0.15, 0.2) is 0 Å². The molecule has 130 valence electrons. The van der Waals surface area contributed by atoms with Crippen LogP contribution in [-0.2, 0) is 0 Å². The Balaban J connectivity index is 1.85.